The normalized spacial score (nSPS) is 15.0. The van der Waals surface area contributed by atoms with Crippen molar-refractivity contribution >= 4 is 53.7 Å². The molecule has 120 valence electrons. The van der Waals surface area contributed by atoms with E-state index in [9.17, 15) is 4.79 Å². The molecule has 1 atom stereocenters. The van der Waals surface area contributed by atoms with E-state index in [0.717, 1.165) is 24.5 Å². The number of halogens is 3. The molecule has 1 fully saturated rings. The minimum absolute atomic E-state index is 0. The van der Waals surface area contributed by atoms with Gasteiger partial charge < -0.3 is 15.5 Å². The fourth-order valence-corrected chi connectivity index (χ4v) is 2.54. The molecule has 0 spiro atoms. The molecule has 1 aromatic carbocycles. The van der Waals surface area contributed by atoms with Crippen LogP contribution in [0, 0.1) is 11.8 Å². The summed E-state index contributed by atoms with van der Waals surface area (Å²) in [6.45, 7) is 3.82. The molecular formula is C14H22Cl3N3O. The molecule has 0 aromatic heterocycles. The SMILES string of the molecule is CC(C(=O)Nc1cccc(Cl)c1N(C)C)C1CNC1.Cl.Cl. The molecule has 0 saturated carbocycles. The predicted molar refractivity (Wildman–Crippen MR) is 94.4 cm³/mol. The summed E-state index contributed by atoms with van der Waals surface area (Å²) in [5, 5.41) is 6.82. The number of rotatable bonds is 4. The lowest BCUT2D eigenvalue weighted by molar-refractivity contribution is -0.121. The van der Waals surface area contributed by atoms with Gasteiger partial charge in [-0.15, -0.1) is 24.8 Å². The average molecular weight is 355 g/mol. The number of para-hydroxylation sites is 1. The molecule has 1 saturated heterocycles. The van der Waals surface area contributed by atoms with E-state index in [1.807, 2.05) is 44.1 Å². The molecule has 0 bridgehead atoms. The number of hydrogen-bond donors (Lipinski definition) is 2. The van der Waals surface area contributed by atoms with E-state index < -0.39 is 0 Å². The third kappa shape index (κ3) is 4.65. The third-order valence-corrected chi connectivity index (χ3v) is 3.93. The van der Waals surface area contributed by atoms with Gasteiger partial charge in [0, 0.05) is 20.0 Å². The summed E-state index contributed by atoms with van der Waals surface area (Å²) in [5.41, 5.74) is 1.61. The van der Waals surface area contributed by atoms with E-state index >= 15 is 0 Å². The molecule has 4 nitrogen and oxygen atoms in total. The van der Waals surface area contributed by atoms with Gasteiger partial charge in [-0.2, -0.15) is 0 Å². The zero-order valence-electron chi connectivity index (χ0n) is 12.4. The molecule has 1 heterocycles. The van der Waals surface area contributed by atoms with Gasteiger partial charge in [-0.05, 0) is 31.1 Å². The van der Waals surface area contributed by atoms with Crippen LogP contribution in [0.5, 0.6) is 0 Å². The Morgan fingerprint density at radius 3 is 2.48 bits per heavy atom. The number of benzene rings is 1. The summed E-state index contributed by atoms with van der Waals surface area (Å²) in [7, 11) is 3.83. The van der Waals surface area contributed by atoms with Crippen LogP contribution < -0.4 is 15.5 Å². The Morgan fingerprint density at radius 1 is 1.38 bits per heavy atom. The molecule has 2 rings (SSSR count). The van der Waals surface area contributed by atoms with E-state index in [4.69, 9.17) is 11.6 Å². The van der Waals surface area contributed by atoms with Gasteiger partial charge in [0.2, 0.25) is 5.91 Å². The van der Waals surface area contributed by atoms with Crippen molar-refractivity contribution in [3.8, 4) is 0 Å². The zero-order chi connectivity index (χ0) is 14.0. The maximum Gasteiger partial charge on any atom is 0.227 e. The van der Waals surface area contributed by atoms with E-state index in [1.165, 1.54) is 0 Å². The molecule has 1 aliphatic heterocycles. The molecule has 1 aromatic rings. The van der Waals surface area contributed by atoms with Crippen LogP contribution in [0.4, 0.5) is 11.4 Å². The fourth-order valence-electron chi connectivity index (χ4n) is 2.20. The maximum absolute atomic E-state index is 12.2. The monoisotopic (exact) mass is 353 g/mol. The topological polar surface area (TPSA) is 44.4 Å². The van der Waals surface area contributed by atoms with Gasteiger partial charge in [-0.3, -0.25) is 4.79 Å². The summed E-state index contributed by atoms with van der Waals surface area (Å²) >= 11 is 6.19. The molecule has 2 N–H and O–H groups in total. The van der Waals surface area contributed by atoms with Crippen LogP contribution >= 0.6 is 36.4 Å². The van der Waals surface area contributed by atoms with E-state index in [1.54, 1.807) is 0 Å². The van der Waals surface area contributed by atoms with Crippen molar-refractivity contribution in [3.05, 3.63) is 23.2 Å². The molecule has 1 aliphatic rings. The molecule has 0 radical (unpaired) electrons. The van der Waals surface area contributed by atoms with Crippen LogP contribution in [-0.2, 0) is 4.79 Å². The highest BCUT2D eigenvalue weighted by molar-refractivity contribution is 6.34. The first kappa shape index (κ1) is 20.3. The van der Waals surface area contributed by atoms with Crippen LogP contribution in [0.1, 0.15) is 6.92 Å². The van der Waals surface area contributed by atoms with Crippen molar-refractivity contribution in [1.29, 1.82) is 0 Å². The smallest absolute Gasteiger partial charge is 0.227 e. The molecule has 21 heavy (non-hydrogen) atoms. The summed E-state index contributed by atoms with van der Waals surface area (Å²) in [6, 6.07) is 5.55. The van der Waals surface area contributed by atoms with Crippen molar-refractivity contribution in [2.45, 2.75) is 6.92 Å². The molecule has 7 heteroatoms. The van der Waals surface area contributed by atoms with E-state index in [0.29, 0.717) is 10.9 Å². The number of anilines is 2. The van der Waals surface area contributed by atoms with E-state index in [-0.39, 0.29) is 36.6 Å². The lowest BCUT2D eigenvalue weighted by atomic mass is 9.88. The highest BCUT2D eigenvalue weighted by Gasteiger charge is 2.29. The van der Waals surface area contributed by atoms with Crippen LogP contribution in [0.3, 0.4) is 0 Å². The molecule has 0 aliphatic carbocycles. The Balaban J connectivity index is 0.00000200. The highest BCUT2D eigenvalue weighted by Crippen LogP contribution is 2.33. The van der Waals surface area contributed by atoms with Gasteiger partial charge in [-0.1, -0.05) is 24.6 Å². The highest BCUT2D eigenvalue weighted by atomic mass is 35.5. The van der Waals surface area contributed by atoms with Gasteiger partial charge in [0.05, 0.1) is 16.4 Å². The van der Waals surface area contributed by atoms with Crippen LogP contribution in [-0.4, -0.2) is 33.1 Å². The largest absolute Gasteiger partial charge is 0.375 e. The number of nitrogens with one attached hydrogen (secondary N) is 2. The van der Waals surface area contributed by atoms with Crippen molar-refractivity contribution in [1.82, 2.24) is 5.32 Å². The Kier molecular flexibility index (Phi) is 8.41. The molecular weight excluding hydrogens is 333 g/mol. The second-order valence-electron chi connectivity index (χ2n) is 5.23. The van der Waals surface area contributed by atoms with Crippen molar-refractivity contribution in [2.75, 3.05) is 37.4 Å². The molecule has 1 unspecified atom stereocenters. The van der Waals surface area contributed by atoms with Gasteiger partial charge in [0.1, 0.15) is 0 Å². The first-order valence-corrected chi connectivity index (χ1v) is 6.86. The lowest BCUT2D eigenvalue weighted by Crippen LogP contribution is -2.48. The van der Waals surface area contributed by atoms with Crippen molar-refractivity contribution in [2.24, 2.45) is 11.8 Å². The molecule has 1 amide bonds. The Morgan fingerprint density at radius 2 is 2.00 bits per heavy atom. The summed E-state index contributed by atoms with van der Waals surface area (Å²) < 4.78 is 0. The fraction of sp³-hybridized carbons (Fsp3) is 0.500. The van der Waals surface area contributed by atoms with Gasteiger partial charge in [0.25, 0.3) is 0 Å². The maximum atomic E-state index is 12.2. The van der Waals surface area contributed by atoms with Gasteiger partial charge in [-0.25, -0.2) is 0 Å². The Labute approximate surface area is 143 Å². The third-order valence-electron chi connectivity index (χ3n) is 3.63. The first-order chi connectivity index (χ1) is 9.00. The quantitative estimate of drug-likeness (QED) is 0.873. The number of carbonyl (C=O) groups is 1. The summed E-state index contributed by atoms with van der Waals surface area (Å²) in [6.07, 6.45) is 0. The second-order valence-corrected chi connectivity index (χ2v) is 5.63. The summed E-state index contributed by atoms with van der Waals surface area (Å²) in [4.78, 5) is 14.1. The van der Waals surface area contributed by atoms with Gasteiger partial charge >= 0.3 is 0 Å². The number of carbonyl (C=O) groups excluding carboxylic acids is 1. The first-order valence-electron chi connectivity index (χ1n) is 6.48. The standard InChI is InChI=1S/C14H20ClN3O.2ClH/c1-9(10-7-16-8-10)14(19)17-12-6-4-5-11(15)13(12)18(2)3;;/h4-6,9-10,16H,7-8H2,1-3H3,(H,17,19);2*1H. The second kappa shape index (κ2) is 8.69. The number of hydrogen-bond acceptors (Lipinski definition) is 3. The number of nitrogens with zero attached hydrogens (tertiary/aromatic N) is 1. The summed E-state index contributed by atoms with van der Waals surface area (Å²) in [5.74, 6) is 0.495. The average Bonchev–Trinajstić information content (AvgIpc) is 2.25. The van der Waals surface area contributed by atoms with Crippen molar-refractivity contribution < 1.29 is 4.79 Å². The van der Waals surface area contributed by atoms with Gasteiger partial charge in [0.15, 0.2) is 0 Å². The van der Waals surface area contributed by atoms with Crippen LogP contribution in [0.2, 0.25) is 5.02 Å². The Bertz CT molecular complexity index is 479. The van der Waals surface area contributed by atoms with E-state index in [2.05, 4.69) is 10.6 Å². The Hall–Kier alpha value is -0.680. The number of amides is 1. The minimum Gasteiger partial charge on any atom is -0.375 e. The minimum atomic E-state index is 0. The van der Waals surface area contributed by atoms with Crippen molar-refractivity contribution in [3.63, 3.8) is 0 Å². The zero-order valence-corrected chi connectivity index (χ0v) is 14.7. The van der Waals surface area contributed by atoms with Crippen LogP contribution in [0.15, 0.2) is 18.2 Å². The predicted octanol–water partition coefficient (Wildman–Crippen LogP) is 3.04. The van der Waals surface area contributed by atoms with Crippen LogP contribution in [0.25, 0.3) is 0 Å². The lowest BCUT2D eigenvalue weighted by Gasteiger charge is -2.32.